The Kier molecular flexibility index (Phi) is 4.46. The first-order valence-corrected chi connectivity index (χ1v) is 8.98. The lowest BCUT2D eigenvalue weighted by molar-refractivity contribution is -0.138. The molecule has 2 unspecified atom stereocenters. The number of rotatable bonds is 3. The van der Waals surface area contributed by atoms with E-state index in [4.69, 9.17) is 11.6 Å². The largest absolute Gasteiger partial charge is 0.480 e. The molecule has 5 nitrogen and oxygen atoms in total. The molecule has 0 radical (unpaired) electrons. The van der Waals surface area contributed by atoms with Gasteiger partial charge >= 0.3 is 5.97 Å². The summed E-state index contributed by atoms with van der Waals surface area (Å²) < 4.78 is 1.59. The van der Waals surface area contributed by atoms with Crippen LogP contribution >= 0.6 is 11.6 Å². The third-order valence-electron chi connectivity index (χ3n) is 4.88. The standard InChI is InChI=1S/C21H17ClN2O3/c22-13-8-9-15-17(12-19(21(26)27)23-18(15)11-13)16-7-4-10-24(20(16)25)14-5-2-1-3-6-14/h1-11,17,19,23H,12H2,(H,26,27). The molecule has 6 heteroatoms. The minimum Gasteiger partial charge on any atom is -0.480 e. The van der Waals surface area contributed by atoms with Crippen LogP contribution < -0.4 is 10.9 Å². The summed E-state index contributed by atoms with van der Waals surface area (Å²) in [5.74, 6) is -1.28. The molecule has 1 aliphatic rings. The monoisotopic (exact) mass is 380 g/mol. The predicted octanol–water partition coefficient (Wildman–Crippen LogP) is 3.89. The highest BCUT2D eigenvalue weighted by Gasteiger charge is 2.33. The van der Waals surface area contributed by atoms with Gasteiger partial charge in [0.05, 0.1) is 0 Å². The third-order valence-corrected chi connectivity index (χ3v) is 5.11. The minimum atomic E-state index is -0.954. The van der Waals surface area contributed by atoms with Crippen LogP contribution in [-0.2, 0) is 4.79 Å². The van der Waals surface area contributed by atoms with E-state index in [1.165, 1.54) is 0 Å². The Morgan fingerprint density at radius 1 is 1.07 bits per heavy atom. The maximum absolute atomic E-state index is 13.2. The number of hydrogen-bond donors (Lipinski definition) is 2. The molecular formula is C21H17ClN2O3. The van der Waals surface area contributed by atoms with E-state index < -0.39 is 12.0 Å². The summed E-state index contributed by atoms with van der Waals surface area (Å²) in [6, 6.07) is 17.5. The van der Waals surface area contributed by atoms with Crippen molar-refractivity contribution in [2.24, 2.45) is 0 Å². The van der Waals surface area contributed by atoms with Gasteiger partial charge in [-0.2, -0.15) is 0 Å². The van der Waals surface area contributed by atoms with Crippen LogP contribution in [0.4, 0.5) is 5.69 Å². The number of carboxylic acids is 1. The molecule has 0 bridgehead atoms. The number of nitrogens with zero attached hydrogens (tertiary/aromatic N) is 1. The van der Waals surface area contributed by atoms with Gasteiger partial charge in [0.15, 0.2) is 0 Å². The number of hydrogen-bond acceptors (Lipinski definition) is 3. The van der Waals surface area contributed by atoms with Crippen molar-refractivity contribution in [3.8, 4) is 5.69 Å². The van der Waals surface area contributed by atoms with Gasteiger partial charge in [-0.1, -0.05) is 41.9 Å². The van der Waals surface area contributed by atoms with E-state index in [2.05, 4.69) is 5.32 Å². The van der Waals surface area contributed by atoms with Gasteiger partial charge in [0.25, 0.3) is 5.56 Å². The number of benzene rings is 2. The van der Waals surface area contributed by atoms with Gasteiger partial charge in [-0.05, 0) is 42.3 Å². The number of pyridine rings is 1. The van der Waals surface area contributed by atoms with Crippen molar-refractivity contribution in [1.82, 2.24) is 4.57 Å². The summed E-state index contributed by atoms with van der Waals surface area (Å²) in [5.41, 5.74) is 2.71. The second-order valence-corrected chi connectivity index (χ2v) is 6.97. The average Bonchev–Trinajstić information content (AvgIpc) is 2.67. The molecule has 0 aliphatic carbocycles. The smallest absolute Gasteiger partial charge is 0.326 e. The highest BCUT2D eigenvalue weighted by Crippen LogP contribution is 2.39. The summed E-state index contributed by atoms with van der Waals surface area (Å²) in [6.07, 6.45) is 2.01. The van der Waals surface area contributed by atoms with Crippen LogP contribution in [0.3, 0.4) is 0 Å². The van der Waals surface area contributed by atoms with Crippen LogP contribution in [0.25, 0.3) is 5.69 Å². The summed E-state index contributed by atoms with van der Waals surface area (Å²) >= 11 is 6.08. The van der Waals surface area contributed by atoms with Crippen molar-refractivity contribution in [2.75, 3.05) is 5.32 Å². The third kappa shape index (κ3) is 3.22. The normalized spacial score (nSPS) is 18.4. The second kappa shape index (κ2) is 6.93. The number of halogens is 1. The Bertz CT molecular complexity index is 1060. The molecule has 0 spiro atoms. The van der Waals surface area contributed by atoms with Crippen molar-refractivity contribution in [1.29, 1.82) is 0 Å². The topological polar surface area (TPSA) is 71.3 Å². The van der Waals surface area contributed by atoms with Gasteiger partial charge < -0.3 is 10.4 Å². The highest BCUT2D eigenvalue weighted by atomic mass is 35.5. The molecule has 4 rings (SSSR count). The van der Waals surface area contributed by atoms with Crippen molar-refractivity contribution in [3.05, 3.63) is 93.4 Å². The zero-order valence-corrected chi connectivity index (χ0v) is 15.1. The highest BCUT2D eigenvalue weighted by molar-refractivity contribution is 6.30. The van der Waals surface area contributed by atoms with E-state index in [-0.39, 0.29) is 17.9 Å². The Hall–Kier alpha value is -3.05. The molecule has 2 atom stereocenters. The molecule has 2 N–H and O–H groups in total. The van der Waals surface area contributed by atoms with Crippen LogP contribution in [0.15, 0.2) is 71.7 Å². The molecular weight excluding hydrogens is 364 g/mol. The molecule has 0 saturated heterocycles. The van der Waals surface area contributed by atoms with E-state index in [1.807, 2.05) is 42.5 Å². The van der Waals surface area contributed by atoms with E-state index in [9.17, 15) is 14.7 Å². The van der Waals surface area contributed by atoms with Gasteiger partial charge in [-0.3, -0.25) is 9.36 Å². The molecule has 1 aliphatic heterocycles. The van der Waals surface area contributed by atoms with Crippen LogP contribution in [0.5, 0.6) is 0 Å². The Morgan fingerprint density at radius 3 is 2.59 bits per heavy atom. The minimum absolute atomic E-state index is 0.152. The lowest BCUT2D eigenvalue weighted by Crippen LogP contribution is -2.37. The first-order chi connectivity index (χ1) is 13.0. The SMILES string of the molecule is O=C(O)C1CC(c2cccn(-c3ccccc3)c2=O)c2ccc(Cl)cc2N1. The summed E-state index contributed by atoms with van der Waals surface area (Å²) in [5, 5.41) is 13.0. The molecule has 2 heterocycles. The number of aliphatic carboxylic acids is 1. The summed E-state index contributed by atoms with van der Waals surface area (Å²) in [7, 11) is 0. The first-order valence-electron chi connectivity index (χ1n) is 8.60. The van der Waals surface area contributed by atoms with Crippen molar-refractivity contribution in [3.63, 3.8) is 0 Å². The summed E-state index contributed by atoms with van der Waals surface area (Å²) in [4.78, 5) is 24.8. The van der Waals surface area contributed by atoms with Gasteiger partial charge in [0, 0.05) is 34.1 Å². The molecule has 0 fully saturated rings. The quantitative estimate of drug-likeness (QED) is 0.723. The number of fused-ring (bicyclic) bond motifs is 1. The number of carbonyl (C=O) groups is 1. The molecule has 2 aromatic carbocycles. The molecule has 0 saturated carbocycles. The Labute approximate surface area is 160 Å². The lowest BCUT2D eigenvalue weighted by Gasteiger charge is -2.31. The zero-order valence-electron chi connectivity index (χ0n) is 14.3. The predicted molar refractivity (Wildman–Crippen MR) is 105 cm³/mol. The van der Waals surface area contributed by atoms with Crippen LogP contribution in [-0.4, -0.2) is 21.7 Å². The lowest BCUT2D eigenvalue weighted by atomic mass is 9.82. The van der Waals surface area contributed by atoms with E-state index in [0.29, 0.717) is 16.3 Å². The zero-order chi connectivity index (χ0) is 19.0. The Morgan fingerprint density at radius 2 is 1.85 bits per heavy atom. The first kappa shape index (κ1) is 17.4. The second-order valence-electron chi connectivity index (χ2n) is 6.53. The fraction of sp³-hybridized carbons (Fsp3) is 0.143. The molecule has 1 aromatic heterocycles. The fourth-order valence-electron chi connectivity index (χ4n) is 3.59. The maximum Gasteiger partial charge on any atom is 0.326 e. The molecule has 136 valence electrons. The molecule has 27 heavy (non-hydrogen) atoms. The van der Waals surface area contributed by atoms with Crippen molar-refractivity contribution >= 4 is 23.3 Å². The van der Waals surface area contributed by atoms with Gasteiger partial charge in [-0.25, -0.2) is 4.79 Å². The Balaban J connectivity index is 1.86. The number of para-hydroxylation sites is 1. The van der Waals surface area contributed by atoms with E-state index in [0.717, 1.165) is 11.3 Å². The van der Waals surface area contributed by atoms with Gasteiger partial charge in [-0.15, -0.1) is 0 Å². The van der Waals surface area contributed by atoms with Crippen LogP contribution in [0, 0.1) is 0 Å². The van der Waals surface area contributed by atoms with Gasteiger partial charge in [0.1, 0.15) is 6.04 Å². The summed E-state index contributed by atoms with van der Waals surface area (Å²) in [6.45, 7) is 0. The van der Waals surface area contributed by atoms with Gasteiger partial charge in [0.2, 0.25) is 0 Å². The van der Waals surface area contributed by atoms with Crippen LogP contribution in [0.2, 0.25) is 5.02 Å². The van der Waals surface area contributed by atoms with E-state index >= 15 is 0 Å². The number of aromatic nitrogens is 1. The van der Waals surface area contributed by atoms with Crippen LogP contribution in [0.1, 0.15) is 23.5 Å². The maximum atomic E-state index is 13.2. The van der Waals surface area contributed by atoms with Crippen molar-refractivity contribution < 1.29 is 9.90 Å². The number of anilines is 1. The molecule has 3 aromatic rings. The average molecular weight is 381 g/mol. The molecule has 0 amide bonds. The van der Waals surface area contributed by atoms with E-state index in [1.54, 1.807) is 29.0 Å². The fourth-order valence-corrected chi connectivity index (χ4v) is 3.76. The van der Waals surface area contributed by atoms with Crippen molar-refractivity contribution in [2.45, 2.75) is 18.4 Å². The number of carboxylic acid groups (broad SMARTS) is 1. The number of nitrogens with one attached hydrogen (secondary N) is 1.